The number of amides is 1. The summed E-state index contributed by atoms with van der Waals surface area (Å²) in [6.07, 6.45) is 3.65. The lowest BCUT2D eigenvalue weighted by atomic mass is 10.1. The van der Waals surface area contributed by atoms with Crippen LogP contribution in [0.2, 0.25) is 5.02 Å². The van der Waals surface area contributed by atoms with E-state index in [0.29, 0.717) is 33.7 Å². The fourth-order valence-corrected chi connectivity index (χ4v) is 4.03. The van der Waals surface area contributed by atoms with Crippen LogP contribution in [-0.4, -0.2) is 30.4 Å². The third-order valence-electron chi connectivity index (χ3n) is 4.15. The van der Waals surface area contributed by atoms with Crippen LogP contribution in [0.4, 0.5) is 5.69 Å². The van der Waals surface area contributed by atoms with Crippen molar-refractivity contribution in [2.75, 3.05) is 11.6 Å². The summed E-state index contributed by atoms with van der Waals surface area (Å²) in [5.41, 5.74) is 1.79. The van der Waals surface area contributed by atoms with E-state index in [2.05, 4.69) is 10.4 Å². The van der Waals surface area contributed by atoms with Crippen LogP contribution in [0.3, 0.4) is 0 Å². The van der Waals surface area contributed by atoms with E-state index in [0.717, 1.165) is 12.7 Å². The lowest BCUT2D eigenvalue weighted by molar-refractivity contribution is -0.115. The summed E-state index contributed by atoms with van der Waals surface area (Å²) in [5, 5.41) is 8.12. The highest BCUT2D eigenvalue weighted by Crippen LogP contribution is 2.28. The van der Waals surface area contributed by atoms with Gasteiger partial charge in [0.2, 0.25) is 5.91 Å². The van der Waals surface area contributed by atoms with E-state index in [1.54, 1.807) is 35.1 Å². The van der Waals surface area contributed by atoms with Crippen molar-refractivity contribution in [3.63, 3.8) is 0 Å². The topological polar surface area (TPSA) is 81.1 Å². The second-order valence-corrected chi connectivity index (χ2v) is 8.75. The molecular formula is C19H20ClN3O3S. The predicted octanol–water partition coefficient (Wildman–Crippen LogP) is 3.68. The van der Waals surface area contributed by atoms with E-state index < -0.39 is 9.84 Å². The zero-order valence-electron chi connectivity index (χ0n) is 15.1. The molecule has 0 aliphatic carbocycles. The Labute approximate surface area is 163 Å². The molecule has 1 amide bonds. The van der Waals surface area contributed by atoms with Gasteiger partial charge in [0.1, 0.15) is 0 Å². The van der Waals surface area contributed by atoms with Gasteiger partial charge in [0.05, 0.1) is 23.0 Å². The van der Waals surface area contributed by atoms with Crippen molar-refractivity contribution >= 4 is 43.9 Å². The van der Waals surface area contributed by atoms with Crippen molar-refractivity contribution in [3.05, 3.63) is 53.2 Å². The number of hydrogen-bond acceptors (Lipinski definition) is 4. The minimum Gasteiger partial charge on any atom is -0.326 e. The summed E-state index contributed by atoms with van der Waals surface area (Å²) in [4.78, 5) is 12.6. The second-order valence-electron chi connectivity index (χ2n) is 6.36. The number of hydrogen-bond donors (Lipinski definition) is 1. The molecule has 2 aromatic carbocycles. The molecule has 0 spiro atoms. The van der Waals surface area contributed by atoms with E-state index >= 15 is 0 Å². The number of rotatable bonds is 6. The number of fused-ring (bicyclic) bond motifs is 1. The van der Waals surface area contributed by atoms with Gasteiger partial charge in [-0.3, -0.25) is 9.48 Å². The lowest BCUT2D eigenvalue weighted by Gasteiger charge is -2.10. The minimum absolute atomic E-state index is 0.0974. The summed E-state index contributed by atoms with van der Waals surface area (Å²) in [6.45, 7) is 2.67. The van der Waals surface area contributed by atoms with E-state index in [4.69, 9.17) is 11.6 Å². The molecule has 0 saturated carbocycles. The van der Waals surface area contributed by atoms with Gasteiger partial charge >= 0.3 is 0 Å². The number of benzene rings is 2. The number of nitrogens with zero attached hydrogens (tertiary/aromatic N) is 2. The molecule has 0 aliphatic heterocycles. The quantitative estimate of drug-likeness (QED) is 0.678. The van der Waals surface area contributed by atoms with Gasteiger partial charge in [-0.05, 0) is 30.2 Å². The summed E-state index contributed by atoms with van der Waals surface area (Å²) >= 11 is 6.10. The van der Waals surface area contributed by atoms with Crippen molar-refractivity contribution in [2.24, 2.45) is 0 Å². The molecule has 142 valence electrons. The number of anilines is 1. The van der Waals surface area contributed by atoms with E-state index in [9.17, 15) is 13.2 Å². The average Bonchev–Trinajstić information content (AvgIpc) is 2.99. The zero-order chi connectivity index (χ0) is 19.6. The van der Waals surface area contributed by atoms with Crippen LogP contribution in [0, 0.1) is 0 Å². The standard InChI is InChI=1S/C19H20ClN3O3S/c1-3-8-23-17-10-14(11-18(27(2,25)26)15(17)12-21-23)22-19(24)9-13-6-4-5-7-16(13)20/h4-7,10-12H,3,8-9H2,1-2H3,(H,22,24). The number of aromatic nitrogens is 2. The molecule has 8 heteroatoms. The molecule has 0 saturated heterocycles. The summed E-state index contributed by atoms with van der Waals surface area (Å²) in [5.74, 6) is -0.275. The highest BCUT2D eigenvalue weighted by Gasteiger charge is 2.18. The number of carbonyl (C=O) groups excluding carboxylic acids is 1. The number of halogens is 1. The summed E-state index contributed by atoms with van der Waals surface area (Å²) in [7, 11) is -3.48. The predicted molar refractivity (Wildman–Crippen MR) is 107 cm³/mol. The Balaban J connectivity index is 1.97. The van der Waals surface area contributed by atoms with Crippen molar-refractivity contribution in [2.45, 2.75) is 31.2 Å². The van der Waals surface area contributed by atoms with Gasteiger partial charge in [0, 0.05) is 28.9 Å². The Bertz CT molecular complexity index is 1110. The molecule has 0 atom stereocenters. The van der Waals surface area contributed by atoms with E-state index in [1.165, 1.54) is 6.07 Å². The maximum atomic E-state index is 12.4. The van der Waals surface area contributed by atoms with E-state index in [1.807, 2.05) is 13.0 Å². The highest BCUT2D eigenvalue weighted by molar-refractivity contribution is 7.91. The second kappa shape index (κ2) is 7.70. The van der Waals surface area contributed by atoms with Crippen LogP contribution in [0.5, 0.6) is 0 Å². The maximum Gasteiger partial charge on any atom is 0.228 e. The van der Waals surface area contributed by atoms with Crippen LogP contribution < -0.4 is 5.32 Å². The fraction of sp³-hybridized carbons (Fsp3) is 0.263. The number of aryl methyl sites for hydroxylation is 1. The molecule has 0 radical (unpaired) electrons. The normalized spacial score (nSPS) is 11.7. The first kappa shape index (κ1) is 19.4. The first-order valence-electron chi connectivity index (χ1n) is 8.52. The molecule has 1 heterocycles. The monoisotopic (exact) mass is 405 g/mol. The Hall–Kier alpha value is -2.38. The largest absolute Gasteiger partial charge is 0.326 e. The van der Waals surface area contributed by atoms with Gasteiger partial charge in [-0.1, -0.05) is 36.7 Å². The SMILES string of the molecule is CCCn1ncc2c(S(C)(=O)=O)cc(NC(=O)Cc3ccccc3Cl)cc21. The Morgan fingerprint density at radius 2 is 2.00 bits per heavy atom. The Kier molecular flexibility index (Phi) is 5.53. The molecule has 3 rings (SSSR count). The molecule has 0 aliphatic rings. The molecule has 0 bridgehead atoms. The van der Waals surface area contributed by atoms with Crippen LogP contribution in [-0.2, 0) is 27.6 Å². The van der Waals surface area contributed by atoms with Gasteiger partial charge in [0.15, 0.2) is 9.84 Å². The van der Waals surface area contributed by atoms with Gasteiger partial charge in [-0.15, -0.1) is 0 Å². The zero-order valence-corrected chi connectivity index (χ0v) is 16.6. The molecule has 6 nitrogen and oxygen atoms in total. The molecule has 27 heavy (non-hydrogen) atoms. The van der Waals surface area contributed by atoms with Crippen molar-refractivity contribution in [3.8, 4) is 0 Å². The van der Waals surface area contributed by atoms with Crippen LogP contribution in [0.25, 0.3) is 10.9 Å². The van der Waals surface area contributed by atoms with Crippen LogP contribution in [0.15, 0.2) is 47.5 Å². The molecule has 0 fully saturated rings. The molecular weight excluding hydrogens is 386 g/mol. The summed E-state index contributed by atoms with van der Waals surface area (Å²) in [6, 6.07) is 10.3. The molecule has 0 unspecified atom stereocenters. The highest BCUT2D eigenvalue weighted by atomic mass is 35.5. The lowest BCUT2D eigenvalue weighted by Crippen LogP contribution is -2.15. The average molecular weight is 406 g/mol. The number of nitrogens with one attached hydrogen (secondary N) is 1. The molecule has 3 aromatic rings. The smallest absolute Gasteiger partial charge is 0.228 e. The van der Waals surface area contributed by atoms with Crippen LogP contribution in [0.1, 0.15) is 18.9 Å². The Morgan fingerprint density at radius 3 is 2.67 bits per heavy atom. The van der Waals surface area contributed by atoms with Crippen LogP contribution >= 0.6 is 11.6 Å². The molecule has 1 aromatic heterocycles. The van der Waals surface area contributed by atoms with Crippen molar-refractivity contribution in [1.82, 2.24) is 9.78 Å². The third-order valence-corrected chi connectivity index (χ3v) is 5.66. The fourth-order valence-electron chi connectivity index (χ4n) is 2.93. The Morgan fingerprint density at radius 1 is 1.26 bits per heavy atom. The summed E-state index contributed by atoms with van der Waals surface area (Å²) < 4.78 is 26.2. The van der Waals surface area contributed by atoms with E-state index in [-0.39, 0.29) is 17.2 Å². The minimum atomic E-state index is -3.48. The first-order valence-corrected chi connectivity index (χ1v) is 10.8. The van der Waals surface area contributed by atoms with Crippen molar-refractivity contribution < 1.29 is 13.2 Å². The van der Waals surface area contributed by atoms with Gasteiger partial charge in [0.25, 0.3) is 0 Å². The van der Waals surface area contributed by atoms with Crippen molar-refractivity contribution in [1.29, 1.82) is 0 Å². The van der Waals surface area contributed by atoms with Gasteiger partial charge < -0.3 is 5.32 Å². The number of sulfone groups is 1. The first-order chi connectivity index (χ1) is 12.8. The number of carbonyl (C=O) groups is 1. The third kappa shape index (κ3) is 4.31. The van der Waals surface area contributed by atoms with Gasteiger partial charge in [-0.2, -0.15) is 5.10 Å². The van der Waals surface area contributed by atoms with Gasteiger partial charge in [-0.25, -0.2) is 8.42 Å². The maximum absolute atomic E-state index is 12.4. The molecule has 1 N–H and O–H groups in total.